The fourth-order valence-electron chi connectivity index (χ4n) is 2.44. The van der Waals surface area contributed by atoms with Crippen LogP contribution in [0.4, 0.5) is 0 Å². The van der Waals surface area contributed by atoms with Gasteiger partial charge >= 0.3 is 0 Å². The molecule has 1 fully saturated rings. The van der Waals surface area contributed by atoms with Gasteiger partial charge in [-0.15, -0.1) is 0 Å². The fourth-order valence-corrected chi connectivity index (χ4v) is 2.44. The van der Waals surface area contributed by atoms with Gasteiger partial charge in [-0.05, 0) is 49.3 Å². The largest absolute Gasteiger partial charge is 0.508 e. The van der Waals surface area contributed by atoms with Crippen LogP contribution in [0.25, 0.3) is 0 Å². The van der Waals surface area contributed by atoms with Gasteiger partial charge < -0.3 is 15.7 Å². The van der Waals surface area contributed by atoms with Crippen LogP contribution in [0.2, 0.25) is 0 Å². The monoisotopic (exact) mass is 290 g/mol. The summed E-state index contributed by atoms with van der Waals surface area (Å²) < 4.78 is 0. The quantitative estimate of drug-likeness (QED) is 0.809. The van der Waals surface area contributed by atoms with E-state index in [1.165, 1.54) is 0 Å². The SMILES string of the molecule is CC(C)CCN(C(=O)[C@H](N)Cc1ccc(O)cc1)C1CC1. The molecule has 21 heavy (non-hydrogen) atoms. The summed E-state index contributed by atoms with van der Waals surface area (Å²) in [6, 6.07) is 6.80. The van der Waals surface area contributed by atoms with E-state index in [1.807, 2.05) is 17.0 Å². The van der Waals surface area contributed by atoms with E-state index in [9.17, 15) is 9.90 Å². The number of benzene rings is 1. The van der Waals surface area contributed by atoms with Crippen LogP contribution in [0.1, 0.15) is 38.7 Å². The average molecular weight is 290 g/mol. The number of amides is 1. The minimum atomic E-state index is -0.498. The first kappa shape index (κ1) is 15.8. The summed E-state index contributed by atoms with van der Waals surface area (Å²) in [6.07, 6.45) is 3.75. The van der Waals surface area contributed by atoms with Crippen molar-refractivity contribution in [1.29, 1.82) is 0 Å². The van der Waals surface area contributed by atoms with Crippen LogP contribution in [0.15, 0.2) is 24.3 Å². The van der Waals surface area contributed by atoms with Crippen LogP contribution in [0, 0.1) is 5.92 Å². The van der Waals surface area contributed by atoms with Crippen molar-refractivity contribution in [2.75, 3.05) is 6.54 Å². The molecule has 4 heteroatoms. The van der Waals surface area contributed by atoms with Gasteiger partial charge in [-0.3, -0.25) is 4.79 Å². The molecule has 0 aromatic heterocycles. The van der Waals surface area contributed by atoms with Crippen molar-refractivity contribution in [3.8, 4) is 5.75 Å². The molecule has 0 radical (unpaired) electrons. The van der Waals surface area contributed by atoms with Gasteiger partial charge in [0, 0.05) is 12.6 Å². The Labute approximate surface area is 126 Å². The van der Waals surface area contributed by atoms with Gasteiger partial charge in [0.2, 0.25) is 5.91 Å². The van der Waals surface area contributed by atoms with Crippen molar-refractivity contribution >= 4 is 5.91 Å². The Morgan fingerprint density at radius 1 is 1.33 bits per heavy atom. The molecule has 0 heterocycles. The summed E-state index contributed by atoms with van der Waals surface area (Å²) in [7, 11) is 0. The van der Waals surface area contributed by atoms with E-state index in [1.54, 1.807) is 12.1 Å². The molecule has 1 aliphatic carbocycles. The molecule has 0 aliphatic heterocycles. The van der Waals surface area contributed by atoms with E-state index >= 15 is 0 Å². The molecule has 116 valence electrons. The molecule has 4 nitrogen and oxygen atoms in total. The number of hydrogen-bond donors (Lipinski definition) is 2. The summed E-state index contributed by atoms with van der Waals surface area (Å²) in [5.74, 6) is 0.883. The topological polar surface area (TPSA) is 66.6 Å². The maximum atomic E-state index is 12.6. The number of nitrogens with zero attached hydrogens (tertiary/aromatic N) is 1. The standard InChI is InChI=1S/C17H26N2O2/c1-12(2)9-10-19(14-5-6-14)17(21)16(18)11-13-3-7-15(20)8-4-13/h3-4,7-8,12,14,16,20H,5-6,9-11,18H2,1-2H3/t16-/m1/s1. The third-order valence-electron chi connectivity index (χ3n) is 3.93. The number of phenols is 1. The van der Waals surface area contributed by atoms with Crippen LogP contribution in [-0.4, -0.2) is 34.5 Å². The Hall–Kier alpha value is -1.55. The molecule has 0 spiro atoms. The fraction of sp³-hybridized carbons (Fsp3) is 0.588. The molecular formula is C17H26N2O2. The highest BCUT2D eigenvalue weighted by atomic mass is 16.3. The second kappa shape index (κ2) is 6.94. The minimum Gasteiger partial charge on any atom is -0.508 e. The maximum absolute atomic E-state index is 12.6. The van der Waals surface area contributed by atoms with Crippen molar-refractivity contribution in [1.82, 2.24) is 4.90 Å². The Balaban J connectivity index is 1.94. The predicted molar refractivity (Wildman–Crippen MR) is 84.0 cm³/mol. The molecule has 1 atom stereocenters. The van der Waals surface area contributed by atoms with Crippen LogP contribution >= 0.6 is 0 Å². The Morgan fingerprint density at radius 2 is 1.95 bits per heavy atom. The van der Waals surface area contributed by atoms with Crippen LogP contribution in [0.3, 0.4) is 0 Å². The van der Waals surface area contributed by atoms with E-state index in [0.29, 0.717) is 18.4 Å². The highest BCUT2D eigenvalue weighted by molar-refractivity contribution is 5.82. The Morgan fingerprint density at radius 3 is 2.48 bits per heavy atom. The number of phenolic OH excluding ortho intramolecular Hbond substituents is 1. The van der Waals surface area contributed by atoms with Crippen LogP contribution < -0.4 is 5.73 Å². The van der Waals surface area contributed by atoms with Gasteiger partial charge in [-0.1, -0.05) is 26.0 Å². The summed E-state index contributed by atoms with van der Waals surface area (Å²) in [5, 5.41) is 9.28. The minimum absolute atomic E-state index is 0.0613. The maximum Gasteiger partial charge on any atom is 0.240 e. The molecule has 3 N–H and O–H groups in total. The van der Waals surface area contributed by atoms with E-state index in [4.69, 9.17) is 5.73 Å². The average Bonchev–Trinajstić information content (AvgIpc) is 3.25. The highest BCUT2D eigenvalue weighted by Gasteiger charge is 2.34. The van der Waals surface area contributed by atoms with Crippen LogP contribution in [-0.2, 0) is 11.2 Å². The van der Waals surface area contributed by atoms with Crippen molar-refractivity contribution in [3.05, 3.63) is 29.8 Å². The van der Waals surface area contributed by atoms with Gasteiger partial charge in [0.15, 0.2) is 0 Å². The zero-order valence-electron chi connectivity index (χ0n) is 13.0. The molecule has 1 saturated carbocycles. The lowest BCUT2D eigenvalue weighted by atomic mass is 10.0. The van der Waals surface area contributed by atoms with Gasteiger partial charge in [-0.2, -0.15) is 0 Å². The number of aromatic hydroxyl groups is 1. The summed E-state index contributed by atoms with van der Waals surface area (Å²) in [4.78, 5) is 14.5. The summed E-state index contributed by atoms with van der Waals surface area (Å²) >= 11 is 0. The molecule has 2 rings (SSSR count). The first-order chi connectivity index (χ1) is 9.97. The summed E-state index contributed by atoms with van der Waals surface area (Å²) in [5.41, 5.74) is 7.09. The van der Waals surface area contributed by atoms with Crippen molar-refractivity contribution in [2.24, 2.45) is 11.7 Å². The Kier molecular flexibility index (Phi) is 5.23. The molecule has 0 bridgehead atoms. The van der Waals surface area contributed by atoms with E-state index in [-0.39, 0.29) is 11.7 Å². The second-order valence-electron chi connectivity index (χ2n) is 6.42. The first-order valence-electron chi connectivity index (χ1n) is 7.81. The van der Waals surface area contributed by atoms with Gasteiger partial charge in [0.05, 0.1) is 6.04 Å². The Bertz CT molecular complexity index is 466. The predicted octanol–water partition coefficient (Wildman–Crippen LogP) is 2.30. The van der Waals surface area contributed by atoms with Crippen molar-refractivity contribution < 1.29 is 9.90 Å². The van der Waals surface area contributed by atoms with Crippen molar-refractivity contribution in [3.63, 3.8) is 0 Å². The number of rotatable bonds is 7. The zero-order valence-corrected chi connectivity index (χ0v) is 13.0. The summed E-state index contributed by atoms with van der Waals surface area (Å²) in [6.45, 7) is 5.16. The number of carbonyl (C=O) groups is 1. The van der Waals surface area contributed by atoms with Gasteiger partial charge in [0.25, 0.3) is 0 Å². The first-order valence-corrected chi connectivity index (χ1v) is 7.81. The van der Waals surface area contributed by atoms with E-state index in [2.05, 4.69) is 13.8 Å². The molecule has 0 saturated heterocycles. The number of carbonyl (C=O) groups excluding carboxylic acids is 1. The lowest BCUT2D eigenvalue weighted by Crippen LogP contribution is -2.46. The van der Waals surface area contributed by atoms with Gasteiger partial charge in [0.1, 0.15) is 5.75 Å². The molecule has 1 aromatic carbocycles. The molecular weight excluding hydrogens is 264 g/mol. The van der Waals surface area contributed by atoms with E-state index < -0.39 is 6.04 Å². The number of hydrogen-bond acceptors (Lipinski definition) is 3. The number of nitrogens with two attached hydrogens (primary N) is 1. The smallest absolute Gasteiger partial charge is 0.240 e. The zero-order chi connectivity index (χ0) is 15.4. The molecule has 0 unspecified atom stereocenters. The molecule has 1 amide bonds. The van der Waals surface area contributed by atoms with Gasteiger partial charge in [-0.25, -0.2) is 0 Å². The highest BCUT2D eigenvalue weighted by Crippen LogP contribution is 2.28. The van der Waals surface area contributed by atoms with Crippen molar-refractivity contribution in [2.45, 2.75) is 51.6 Å². The van der Waals surface area contributed by atoms with Crippen LogP contribution in [0.5, 0.6) is 5.75 Å². The second-order valence-corrected chi connectivity index (χ2v) is 6.42. The lowest BCUT2D eigenvalue weighted by molar-refractivity contribution is -0.133. The third kappa shape index (κ3) is 4.74. The molecule has 1 aliphatic rings. The van der Waals surface area contributed by atoms with E-state index in [0.717, 1.165) is 31.4 Å². The lowest BCUT2D eigenvalue weighted by Gasteiger charge is -2.26. The normalized spacial score (nSPS) is 16.0. The third-order valence-corrected chi connectivity index (χ3v) is 3.93. The molecule has 1 aromatic rings.